The standard InChI is InChI=1S/C5H3N2O2/c8-7(9)5-1-3-6-4-2-5/h1-3H. The second-order valence-corrected chi connectivity index (χ2v) is 1.40. The molecule has 0 spiro atoms. The van der Waals surface area contributed by atoms with E-state index >= 15 is 0 Å². The van der Waals surface area contributed by atoms with Crippen molar-refractivity contribution in [2.45, 2.75) is 0 Å². The lowest BCUT2D eigenvalue weighted by atomic mass is 10.4. The summed E-state index contributed by atoms with van der Waals surface area (Å²) in [4.78, 5) is 13.0. The predicted molar refractivity (Wildman–Crippen MR) is 29.7 cm³/mol. The lowest BCUT2D eigenvalue weighted by molar-refractivity contribution is -0.385. The van der Waals surface area contributed by atoms with Crippen molar-refractivity contribution < 1.29 is 4.92 Å². The lowest BCUT2D eigenvalue weighted by Gasteiger charge is -1.84. The van der Waals surface area contributed by atoms with Crippen molar-refractivity contribution in [3.8, 4) is 0 Å². The molecule has 0 N–H and O–H groups in total. The third kappa shape index (κ3) is 1.22. The maximum Gasteiger partial charge on any atom is 0.273 e. The molecule has 1 heterocycles. The van der Waals surface area contributed by atoms with Gasteiger partial charge in [-0.05, 0) is 0 Å². The summed E-state index contributed by atoms with van der Waals surface area (Å²) in [5.41, 5.74) is 0.0185. The van der Waals surface area contributed by atoms with Gasteiger partial charge in [0, 0.05) is 18.3 Å². The highest BCUT2D eigenvalue weighted by molar-refractivity contribution is 5.24. The van der Waals surface area contributed by atoms with E-state index in [1.165, 1.54) is 18.3 Å². The molecule has 0 fully saturated rings. The van der Waals surface area contributed by atoms with Gasteiger partial charge < -0.3 is 0 Å². The number of aromatic nitrogens is 1. The summed E-state index contributed by atoms with van der Waals surface area (Å²) in [7, 11) is 0. The minimum absolute atomic E-state index is 0.0185. The molecule has 4 nitrogen and oxygen atoms in total. The van der Waals surface area contributed by atoms with E-state index in [9.17, 15) is 10.1 Å². The van der Waals surface area contributed by atoms with Gasteiger partial charge in [-0.2, -0.15) is 0 Å². The van der Waals surface area contributed by atoms with Gasteiger partial charge in [0.05, 0.1) is 11.1 Å². The third-order valence-corrected chi connectivity index (χ3v) is 0.818. The highest BCUT2D eigenvalue weighted by Crippen LogP contribution is 2.04. The summed E-state index contributed by atoms with van der Waals surface area (Å²) in [5.74, 6) is 0. The second-order valence-electron chi connectivity index (χ2n) is 1.40. The van der Waals surface area contributed by atoms with Gasteiger partial charge in [0.2, 0.25) is 0 Å². The highest BCUT2D eigenvalue weighted by Gasteiger charge is 1.99. The minimum atomic E-state index is -0.488. The molecule has 9 heavy (non-hydrogen) atoms. The molecule has 0 saturated heterocycles. The number of pyridine rings is 1. The number of rotatable bonds is 1. The number of nitro groups is 1. The molecule has 0 atom stereocenters. The van der Waals surface area contributed by atoms with Crippen molar-refractivity contribution >= 4 is 5.69 Å². The largest absolute Gasteiger partial charge is 0.273 e. The molecular weight excluding hydrogens is 120 g/mol. The predicted octanol–water partition coefficient (Wildman–Crippen LogP) is 0.790. The minimum Gasteiger partial charge on any atom is -0.258 e. The molecule has 0 bridgehead atoms. The molecular formula is C5H3N2O2. The van der Waals surface area contributed by atoms with Gasteiger partial charge in [0.25, 0.3) is 5.69 Å². The molecule has 45 valence electrons. The molecule has 0 aliphatic rings. The SMILES string of the molecule is O=[N+]([O-])c1c[c]ncc1. The Morgan fingerprint density at radius 2 is 2.56 bits per heavy atom. The molecule has 0 aliphatic heterocycles. The zero-order chi connectivity index (χ0) is 6.69. The van der Waals surface area contributed by atoms with Crippen LogP contribution in [-0.4, -0.2) is 9.91 Å². The highest BCUT2D eigenvalue weighted by atomic mass is 16.6. The summed E-state index contributed by atoms with van der Waals surface area (Å²) < 4.78 is 0. The molecule has 1 aromatic heterocycles. The first kappa shape index (κ1) is 5.68. The van der Waals surface area contributed by atoms with Crippen molar-refractivity contribution in [2.75, 3.05) is 0 Å². The van der Waals surface area contributed by atoms with Crippen molar-refractivity contribution in [1.82, 2.24) is 4.98 Å². The summed E-state index contributed by atoms with van der Waals surface area (Å²) in [6, 6.07) is 2.54. The Labute approximate surface area is 51.3 Å². The molecule has 0 aliphatic carbocycles. The molecule has 1 aromatic rings. The second kappa shape index (κ2) is 2.21. The monoisotopic (exact) mass is 123 g/mol. The quantitative estimate of drug-likeness (QED) is 0.409. The first-order valence-corrected chi connectivity index (χ1v) is 2.27. The van der Waals surface area contributed by atoms with Crippen LogP contribution in [0.2, 0.25) is 0 Å². The van der Waals surface area contributed by atoms with Crippen molar-refractivity contribution in [3.05, 3.63) is 34.6 Å². The molecule has 1 radical (unpaired) electrons. The van der Waals surface area contributed by atoms with Crippen LogP contribution in [-0.2, 0) is 0 Å². The van der Waals surface area contributed by atoms with Gasteiger partial charge in [0.15, 0.2) is 0 Å². The number of hydrogen-bond acceptors (Lipinski definition) is 3. The topological polar surface area (TPSA) is 56.0 Å². The van der Waals surface area contributed by atoms with Gasteiger partial charge in [-0.25, -0.2) is 0 Å². The smallest absolute Gasteiger partial charge is 0.258 e. The van der Waals surface area contributed by atoms with Crippen LogP contribution < -0.4 is 0 Å². The van der Waals surface area contributed by atoms with Crippen LogP contribution in [0, 0.1) is 16.3 Å². The zero-order valence-electron chi connectivity index (χ0n) is 4.44. The first-order valence-electron chi connectivity index (χ1n) is 2.27. The Morgan fingerprint density at radius 1 is 1.78 bits per heavy atom. The Balaban J connectivity index is 2.98. The molecule has 4 heteroatoms. The normalized spacial score (nSPS) is 8.89. The molecule has 0 unspecified atom stereocenters. The van der Waals surface area contributed by atoms with Crippen LogP contribution >= 0.6 is 0 Å². The van der Waals surface area contributed by atoms with Crippen LogP contribution in [0.15, 0.2) is 18.3 Å². The van der Waals surface area contributed by atoms with E-state index in [2.05, 4.69) is 11.2 Å². The van der Waals surface area contributed by atoms with Crippen LogP contribution in [0.4, 0.5) is 5.69 Å². The van der Waals surface area contributed by atoms with Crippen molar-refractivity contribution in [3.63, 3.8) is 0 Å². The van der Waals surface area contributed by atoms with Crippen LogP contribution in [0.1, 0.15) is 0 Å². The summed E-state index contributed by atoms with van der Waals surface area (Å²) in [6.45, 7) is 0. The summed E-state index contributed by atoms with van der Waals surface area (Å²) in [6.07, 6.45) is 3.68. The Morgan fingerprint density at radius 3 is 2.89 bits per heavy atom. The van der Waals surface area contributed by atoms with Crippen molar-refractivity contribution in [1.29, 1.82) is 0 Å². The van der Waals surface area contributed by atoms with Gasteiger partial charge >= 0.3 is 0 Å². The van der Waals surface area contributed by atoms with E-state index in [0.29, 0.717) is 0 Å². The zero-order valence-corrected chi connectivity index (χ0v) is 4.44. The van der Waals surface area contributed by atoms with E-state index in [4.69, 9.17) is 0 Å². The fourth-order valence-electron chi connectivity index (χ4n) is 0.422. The third-order valence-electron chi connectivity index (χ3n) is 0.818. The lowest BCUT2D eigenvalue weighted by Crippen LogP contribution is -1.86. The van der Waals surface area contributed by atoms with E-state index in [1.54, 1.807) is 0 Å². The van der Waals surface area contributed by atoms with Gasteiger partial charge in [-0.15, -0.1) is 0 Å². The van der Waals surface area contributed by atoms with Gasteiger partial charge in [0.1, 0.15) is 0 Å². The summed E-state index contributed by atoms with van der Waals surface area (Å²) >= 11 is 0. The van der Waals surface area contributed by atoms with E-state index < -0.39 is 4.92 Å². The Kier molecular flexibility index (Phi) is 1.40. The maximum absolute atomic E-state index is 9.96. The van der Waals surface area contributed by atoms with Crippen LogP contribution in [0.5, 0.6) is 0 Å². The van der Waals surface area contributed by atoms with E-state index in [0.717, 1.165) is 0 Å². The molecule has 1 rings (SSSR count). The average molecular weight is 123 g/mol. The number of hydrogen-bond donors (Lipinski definition) is 0. The van der Waals surface area contributed by atoms with Crippen LogP contribution in [0.25, 0.3) is 0 Å². The van der Waals surface area contributed by atoms with E-state index in [1.807, 2.05) is 0 Å². The van der Waals surface area contributed by atoms with Crippen molar-refractivity contribution in [2.24, 2.45) is 0 Å². The average Bonchev–Trinajstić information content (AvgIpc) is 1.90. The van der Waals surface area contributed by atoms with Gasteiger partial charge in [-0.3, -0.25) is 15.1 Å². The fraction of sp³-hybridized carbons (Fsp3) is 0. The first-order chi connectivity index (χ1) is 4.30. The maximum atomic E-state index is 9.96. The Hall–Kier alpha value is -1.45. The Bertz CT molecular complexity index is 209. The van der Waals surface area contributed by atoms with Gasteiger partial charge in [-0.1, -0.05) is 0 Å². The fourth-order valence-corrected chi connectivity index (χ4v) is 0.422. The van der Waals surface area contributed by atoms with E-state index in [-0.39, 0.29) is 5.69 Å². The molecule has 0 aromatic carbocycles. The van der Waals surface area contributed by atoms with Crippen LogP contribution in [0.3, 0.4) is 0 Å². The molecule has 0 amide bonds. The summed E-state index contributed by atoms with van der Waals surface area (Å²) in [5, 5.41) is 9.96. The molecule has 0 saturated carbocycles. The number of nitrogens with zero attached hydrogens (tertiary/aromatic N) is 2.